The minimum absolute atomic E-state index is 0.912. The Morgan fingerprint density at radius 2 is 0.725 bits per heavy atom. The number of hydrogen-bond donors (Lipinski definition) is 0. The molecule has 0 bridgehead atoms. The van der Waals surface area contributed by atoms with Crippen LogP contribution in [0, 0.1) is 0 Å². The average Bonchev–Trinajstić information content (AvgIpc) is 3.84. The summed E-state index contributed by atoms with van der Waals surface area (Å²) in [4.78, 5) is 0. The summed E-state index contributed by atoms with van der Waals surface area (Å²) in [5, 5.41) is 7.26. The smallest absolute Gasteiger partial charge is 0.136 e. The summed E-state index contributed by atoms with van der Waals surface area (Å²) >= 11 is 0. The zero-order valence-corrected chi connectivity index (χ0v) is 27.6. The van der Waals surface area contributed by atoms with E-state index in [2.05, 4.69) is 179 Å². The Balaban J connectivity index is 1.07. The number of fused-ring (bicyclic) bond motifs is 9. The van der Waals surface area contributed by atoms with Crippen LogP contribution in [0.25, 0.3) is 99.2 Å². The van der Waals surface area contributed by atoms with Crippen LogP contribution in [0.1, 0.15) is 0 Å². The monoisotopic (exact) mass is 650 g/mol. The predicted molar refractivity (Wildman–Crippen MR) is 213 cm³/mol. The highest BCUT2D eigenvalue weighted by Crippen LogP contribution is 2.40. The quantitative estimate of drug-likeness (QED) is 0.186. The highest BCUT2D eigenvalue weighted by Gasteiger charge is 2.18. The van der Waals surface area contributed by atoms with E-state index in [0.29, 0.717) is 0 Å². The maximum atomic E-state index is 6.21. The molecule has 0 radical (unpaired) electrons. The Morgan fingerprint density at radius 1 is 0.275 bits per heavy atom. The third-order valence-corrected chi connectivity index (χ3v) is 10.5. The van der Waals surface area contributed by atoms with Crippen LogP contribution in [0.3, 0.4) is 0 Å². The van der Waals surface area contributed by atoms with E-state index < -0.39 is 0 Å². The second-order valence-electron chi connectivity index (χ2n) is 13.4. The van der Waals surface area contributed by atoms with E-state index in [1.54, 1.807) is 0 Å². The van der Waals surface area contributed by atoms with Gasteiger partial charge in [-0.25, -0.2) is 0 Å². The van der Waals surface area contributed by atoms with Gasteiger partial charge in [-0.05, 0) is 89.0 Å². The van der Waals surface area contributed by atoms with Gasteiger partial charge in [0.2, 0.25) is 0 Å². The largest absolute Gasteiger partial charge is 0.456 e. The van der Waals surface area contributed by atoms with Crippen LogP contribution in [0.4, 0.5) is 0 Å². The van der Waals surface area contributed by atoms with E-state index in [4.69, 9.17) is 4.42 Å². The molecular formula is C48H30N2O. The molecule has 11 rings (SSSR count). The van der Waals surface area contributed by atoms with Gasteiger partial charge in [-0.1, -0.05) is 115 Å². The van der Waals surface area contributed by atoms with Crippen LogP contribution in [-0.2, 0) is 0 Å². The number of furan rings is 1. The molecule has 0 unspecified atom stereocenters. The highest BCUT2D eigenvalue weighted by molar-refractivity contribution is 6.19. The maximum absolute atomic E-state index is 6.21. The van der Waals surface area contributed by atoms with Crippen LogP contribution in [0.2, 0.25) is 0 Å². The van der Waals surface area contributed by atoms with Gasteiger partial charge in [0.1, 0.15) is 11.2 Å². The third kappa shape index (κ3) is 4.25. The van der Waals surface area contributed by atoms with E-state index in [9.17, 15) is 0 Å². The number of nitrogens with zero attached hydrogens (tertiary/aromatic N) is 2. The lowest BCUT2D eigenvalue weighted by Crippen LogP contribution is -1.95. The molecule has 0 aliphatic rings. The van der Waals surface area contributed by atoms with Gasteiger partial charge in [-0.15, -0.1) is 0 Å². The Hall–Kier alpha value is -6.84. The Kier molecular flexibility index (Phi) is 5.96. The zero-order chi connectivity index (χ0) is 33.5. The molecule has 0 aliphatic heterocycles. The van der Waals surface area contributed by atoms with Crippen molar-refractivity contribution in [2.45, 2.75) is 0 Å². The number of rotatable bonds is 4. The van der Waals surface area contributed by atoms with E-state index in [1.807, 2.05) is 12.1 Å². The lowest BCUT2D eigenvalue weighted by molar-refractivity contribution is 0.669. The topological polar surface area (TPSA) is 23.0 Å². The fourth-order valence-electron chi connectivity index (χ4n) is 8.13. The molecule has 0 atom stereocenters. The van der Waals surface area contributed by atoms with Crippen molar-refractivity contribution >= 4 is 65.6 Å². The molecule has 11 aromatic rings. The summed E-state index contributed by atoms with van der Waals surface area (Å²) in [6.45, 7) is 0. The van der Waals surface area contributed by atoms with E-state index in [-0.39, 0.29) is 0 Å². The lowest BCUT2D eigenvalue weighted by atomic mass is 10.0. The molecule has 0 amide bonds. The molecule has 0 spiro atoms. The molecule has 8 aromatic carbocycles. The molecule has 238 valence electrons. The molecule has 0 aliphatic carbocycles. The predicted octanol–water partition coefficient (Wildman–Crippen LogP) is 13.1. The van der Waals surface area contributed by atoms with E-state index in [1.165, 1.54) is 54.7 Å². The number of para-hydroxylation sites is 3. The molecule has 3 aromatic heterocycles. The molecule has 51 heavy (non-hydrogen) atoms. The second kappa shape index (κ2) is 10.8. The molecule has 3 heterocycles. The normalized spacial score (nSPS) is 11.9. The Labute approximate surface area is 293 Å². The molecule has 0 fully saturated rings. The molecule has 3 heteroatoms. The van der Waals surface area contributed by atoms with Crippen molar-refractivity contribution in [2.75, 3.05) is 0 Å². The highest BCUT2D eigenvalue weighted by atomic mass is 16.3. The first-order valence-electron chi connectivity index (χ1n) is 17.4. The summed E-state index contributed by atoms with van der Waals surface area (Å²) in [7, 11) is 0. The number of hydrogen-bond acceptors (Lipinski definition) is 1. The van der Waals surface area contributed by atoms with Crippen molar-refractivity contribution in [1.29, 1.82) is 0 Å². The van der Waals surface area contributed by atoms with Crippen molar-refractivity contribution < 1.29 is 4.42 Å². The van der Waals surface area contributed by atoms with Crippen LogP contribution >= 0.6 is 0 Å². The van der Waals surface area contributed by atoms with Gasteiger partial charge in [0, 0.05) is 43.7 Å². The van der Waals surface area contributed by atoms with Gasteiger partial charge in [0.05, 0.1) is 22.1 Å². The zero-order valence-electron chi connectivity index (χ0n) is 27.6. The van der Waals surface area contributed by atoms with Crippen LogP contribution < -0.4 is 0 Å². The van der Waals surface area contributed by atoms with Crippen LogP contribution in [0.15, 0.2) is 186 Å². The lowest BCUT2D eigenvalue weighted by Gasteiger charge is -2.11. The van der Waals surface area contributed by atoms with Gasteiger partial charge in [-0.2, -0.15) is 0 Å². The van der Waals surface area contributed by atoms with Gasteiger partial charge >= 0.3 is 0 Å². The fourth-order valence-corrected chi connectivity index (χ4v) is 8.13. The first-order valence-corrected chi connectivity index (χ1v) is 17.4. The van der Waals surface area contributed by atoms with Gasteiger partial charge < -0.3 is 13.6 Å². The molecule has 0 N–H and O–H groups in total. The van der Waals surface area contributed by atoms with Crippen molar-refractivity contribution in [1.82, 2.24) is 9.13 Å². The summed E-state index contributed by atoms with van der Waals surface area (Å²) < 4.78 is 11.0. The summed E-state index contributed by atoms with van der Waals surface area (Å²) in [6.07, 6.45) is 0. The maximum Gasteiger partial charge on any atom is 0.136 e. The van der Waals surface area contributed by atoms with E-state index in [0.717, 1.165) is 44.4 Å². The second-order valence-corrected chi connectivity index (χ2v) is 13.4. The average molecular weight is 651 g/mol. The van der Waals surface area contributed by atoms with Crippen molar-refractivity contribution in [3.05, 3.63) is 182 Å². The van der Waals surface area contributed by atoms with Gasteiger partial charge in [0.15, 0.2) is 0 Å². The summed E-state index contributed by atoms with van der Waals surface area (Å²) in [5.74, 6) is 0. The van der Waals surface area contributed by atoms with Gasteiger partial charge in [0.25, 0.3) is 0 Å². The van der Waals surface area contributed by atoms with Crippen LogP contribution in [0.5, 0.6) is 0 Å². The summed E-state index contributed by atoms with van der Waals surface area (Å²) in [6, 6.07) is 65.5. The minimum Gasteiger partial charge on any atom is -0.456 e. The van der Waals surface area contributed by atoms with Crippen molar-refractivity contribution in [3.8, 4) is 33.6 Å². The van der Waals surface area contributed by atoms with Crippen LogP contribution in [-0.4, -0.2) is 9.13 Å². The number of benzene rings is 8. The fraction of sp³-hybridized carbons (Fsp3) is 0. The molecule has 0 saturated carbocycles. The molecule has 0 saturated heterocycles. The van der Waals surface area contributed by atoms with Crippen molar-refractivity contribution in [2.24, 2.45) is 0 Å². The van der Waals surface area contributed by atoms with Crippen molar-refractivity contribution in [3.63, 3.8) is 0 Å². The minimum atomic E-state index is 0.912. The third-order valence-electron chi connectivity index (χ3n) is 10.5. The Morgan fingerprint density at radius 3 is 1.33 bits per heavy atom. The standard InChI is InChI=1S/C48H30N2O/c1-2-10-31(11-3-1)32-18-23-35(24-19-32)49-43-15-7-4-12-37(43)41-30-46-42(29-45(41)49)38-13-5-8-16-44(38)50(46)36-25-20-33(21-26-36)34-22-27-40-39-14-6-9-17-47(39)51-48(40)28-34/h1-30H. The summed E-state index contributed by atoms with van der Waals surface area (Å²) in [5.41, 5.74) is 13.7. The molecule has 3 nitrogen and oxygen atoms in total. The first-order chi connectivity index (χ1) is 25.3. The van der Waals surface area contributed by atoms with Gasteiger partial charge in [-0.3, -0.25) is 0 Å². The number of aromatic nitrogens is 2. The van der Waals surface area contributed by atoms with E-state index >= 15 is 0 Å². The Bertz CT molecular complexity index is 3100. The first kappa shape index (κ1) is 28.0. The SMILES string of the molecule is c1ccc(-c2ccc(-n3c4ccccc4c4cc5c(cc43)c3ccccc3n5-c3ccc(-c4ccc5c(c4)oc4ccccc45)cc3)cc2)cc1. The molecular weight excluding hydrogens is 621 g/mol.